The van der Waals surface area contributed by atoms with Gasteiger partial charge in [-0.15, -0.1) is 0 Å². The van der Waals surface area contributed by atoms with Crippen molar-refractivity contribution >= 4 is 40.1 Å². The van der Waals surface area contributed by atoms with E-state index in [1.54, 1.807) is 24.5 Å². The molecule has 1 heterocycles. The lowest BCUT2D eigenvalue weighted by Crippen LogP contribution is -2.23. The highest BCUT2D eigenvalue weighted by atomic mass is 127. The van der Waals surface area contributed by atoms with Crippen molar-refractivity contribution in [2.75, 3.05) is 4.90 Å². The summed E-state index contributed by atoms with van der Waals surface area (Å²) in [7, 11) is 0. The third-order valence-corrected chi connectivity index (χ3v) is 4.30. The van der Waals surface area contributed by atoms with Gasteiger partial charge in [0.25, 0.3) is 0 Å². The predicted octanol–water partition coefficient (Wildman–Crippen LogP) is 5.17. The van der Waals surface area contributed by atoms with Gasteiger partial charge in [-0.3, -0.25) is 4.98 Å². The van der Waals surface area contributed by atoms with Crippen LogP contribution in [0.15, 0.2) is 73.1 Å². The zero-order valence-electron chi connectivity index (χ0n) is 12.1. The number of para-hydroxylation sites is 1. The molecule has 3 aromatic rings. The first-order valence-corrected chi connectivity index (χ1v) is 8.03. The molecule has 114 valence electrons. The van der Waals surface area contributed by atoms with Crippen molar-refractivity contribution in [3.63, 3.8) is 0 Å². The summed E-state index contributed by atoms with van der Waals surface area (Å²) < 4.78 is 0.980. The number of anilines is 2. The second-order valence-electron chi connectivity index (χ2n) is 4.85. The molecule has 1 N–H and O–H groups in total. The molecule has 0 aliphatic heterocycles. The van der Waals surface area contributed by atoms with Crippen LogP contribution >= 0.6 is 22.6 Å². The van der Waals surface area contributed by atoms with E-state index >= 15 is 0 Å². The van der Waals surface area contributed by atoms with Crippen molar-refractivity contribution in [2.45, 2.75) is 0 Å². The first-order valence-electron chi connectivity index (χ1n) is 6.95. The van der Waals surface area contributed by atoms with Crippen LogP contribution in [0, 0.1) is 3.57 Å². The predicted molar refractivity (Wildman–Crippen MR) is 99.0 cm³/mol. The summed E-state index contributed by atoms with van der Waals surface area (Å²) >= 11 is 2.23. The van der Waals surface area contributed by atoms with Crippen molar-refractivity contribution < 1.29 is 9.90 Å². The average Bonchev–Trinajstić information content (AvgIpc) is 2.57. The summed E-state index contributed by atoms with van der Waals surface area (Å²) in [6.45, 7) is 0. The molecule has 5 heteroatoms. The lowest BCUT2D eigenvalue weighted by Gasteiger charge is -2.20. The third-order valence-electron chi connectivity index (χ3n) is 3.41. The molecule has 0 fully saturated rings. The van der Waals surface area contributed by atoms with Crippen LogP contribution in [0.1, 0.15) is 0 Å². The Hall–Kier alpha value is -2.41. The van der Waals surface area contributed by atoms with Gasteiger partial charge in [-0.25, -0.2) is 9.69 Å². The molecule has 0 bridgehead atoms. The first-order chi connectivity index (χ1) is 11.2. The van der Waals surface area contributed by atoms with Gasteiger partial charge in [0, 0.05) is 16.0 Å². The number of aromatic nitrogens is 1. The van der Waals surface area contributed by atoms with Crippen LogP contribution in [0.4, 0.5) is 16.2 Å². The number of amides is 1. The molecule has 0 atom stereocenters. The molecular weight excluding hydrogens is 403 g/mol. The fourth-order valence-electron chi connectivity index (χ4n) is 2.36. The number of pyridine rings is 1. The van der Waals surface area contributed by atoms with Gasteiger partial charge in [-0.1, -0.05) is 24.3 Å². The lowest BCUT2D eigenvalue weighted by molar-refractivity contribution is 0.205. The molecular formula is C18H13IN2O2. The number of hydrogen-bond acceptors (Lipinski definition) is 2. The number of halogens is 1. The highest BCUT2D eigenvalue weighted by Crippen LogP contribution is 2.32. The second kappa shape index (κ2) is 6.78. The van der Waals surface area contributed by atoms with E-state index in [0.717, 1.165) is 14.7 Å². The maximum atomic E-state index is 11.7. The molecule has 23 heavy (non-hydrogen) atoms. The number of carboxylic acid groups (broad SMARTS) is 1. The summed E-state index contributed by atoms with van der Waals surface area (Å²) in [6.07, 6.45) is 2.48. The molecule has 0 radical (unpaired) electrons. The minimum atomic E-state index is -1.01. The van der Waals surface area contributed by atoms with Gasteiger partial charge in [-0.2, -0.15) is 0 Å². The normalized spacial score (nSPS) is 10.3. The van der Waals surface area contributed by atoms with Gasteiger partial charge in [0.15, 0.2) is 0 Å². The number of hydrogen-bond donors (Lipinski definition) is 1. The zero-order chi connectivity index (χ0) is 16.2. The Labute approximate surface area is 147 Å². The third kappa shape index (κ3) is 3.34. The number of carbonyl (C=O) groups is 1. The Morgan fingerprint density at radius 2 is 1.65 bits per heavy atom. The summed E-state index contributed by atoms with van der Waals surface area (Å²) in [6, 6.07) is 18.5. The smallest absolute Gasteiger partial charge is 0.416 e. The average molecular weight is 416 g/mol. The molecule has 0 spiro atoms. The van der Waals surface area contributed by atoms with E-state index in [9.17, 15) is 9.90 Å². The lowest BCUT2D eigenvalue weighted by atomic mass is 10.1. The fourth-order valence-corrected chi connectivity index (χ4v) is 3.17. The van der Waals surface area contributed by atoms with Crippen LogP contribution < -0.4 is 4.90 Å². The first kappa shape index (κ1) is 15.5. The van der Waals surface area contributed by atoms with E-state index in [1.807, 2.05) is 48.5 Å². The fraction of sp³-hybridized carbons (Fsp3) is 0. The van der Waals surface area contributed by atoms with Crippen LogP contribution in [-0.4, -0.2) is 16.2 Å². The highest BCUT2D eigenvalue weighted by Gasteiger charge is 2.17. The molecule has 1 amide bonds. The molecule has 0 saturated carbocycles. The topological polar surface area (TPSA) is 53.4 Å². The summed E-state index contributed by atoms with van der Waals surface area (Å²) in [4.78, 5) is 17.0. The minimum absolute atomic E-state index is 0.617. The van der Waals surface area contributed by atoms with Crippen molar-refractivity contribution in [2.24, 2.45) is 0 Å². The second-order valence-corrected chi connectivity index (χ2v) is 6.02. The number of benzene rings is 2. The molecule has 2 aromatic carbocycles. The van der Waals surface area contributed by atoms with Crippen LogP contribution in [0.3, 0.4) is 0 Å². The molecule has 0 aliphatic rings. The summed E-state index contributed by atoms with van der Waals surface area (Å²) in [5, 5.41) is 9.57. The summed E-state index contributed by atoms with van der Waals surface area (Å²) in [5.41, 5.74) is 3.34. The SMILES string of the molecule is O=C(O)N(c1ccccc1)c1ccc(-c2ccncc2)c(I)c1. The highest BCUT2D eigenvalue weighted by molar-refractivity contribution is 14.1. The van der Waals surface area contributed by atoms with E-state index in [-0.39, 0.29) is 0 Å². The summed E-state index contributed by atoms with van der Waals surface area (Å²) in [5.74, 6) is 0. The largest absolute Gasteiger partial charge is 0.464 e. The van der Waals surface area contributed by atoms with E-state index in [2.05, 4.69) is 27.6 Å². The maximum absolute atomic E-state index is 11.7. The minimum Gasteiger partial charge on any atom is -0.464 e. The van der Waals surface area contributed by atoms with Gasteiger partial charge in [0.2, 0.25) is 0 Å². The van der Waals surface area contributed by atoms with Gasteiger partial charge >= 0.3 is 6.09 Å². The Morgan fingerprint density at radius 1 is 0.957 bits per heavy atom. The van der Waals surface area contributed by atoms with Crippen LogP contribution in [0.25, 0.3) is 11.1 Å². The monoisotopic (exact) mass is 416 g/mol. The molecule has 0 aliphatic carbocycles. The van der Waals surface area contributed by atoms with Crippen LogP contribution in [-0.2, 0) is 0 Å². The maximum Gasteiger partial charge on any atom is 0.416 e. The quantitative estimate of drug-likeness (QED) is 0.600. The number of rotatable bonds is 3. The number of nitrogens with zero attached hydrogens (tertiary/aromatic N) is 2. The standard InChI is InChI=1S/C18H13IN2O2/c19-17-12-15(6-7-16(17)13-8-10-20-11-9-13)21(18(22)23)14-4-2-1-3-5-14/h1-12H,(H,22,23). The van der Waals surface area contributed by atoms with Crippen LogP contribution in [0.5, 0.6) is 0 Å². The van der Waals surface area contributed by atoms with Gasteiger partial charge < -0.3 is 5.11 Å². The van der Waals surface area contributed by atoms with Gasteiger partial charge in [0.05, 0.1) is 11.4 Å². The Bertz CT molecular complexity index is 823. The Kier molecular flexibility index (Phi) is 4.57. The zero-order valence-corrected chi connectivity index (χ0v) is 14.2. The molecule has 4 nitrogen and oxygen atoms in total. The van der Waals surface area contributed by atoms with Gasteiger partial charge in [0.1, 0.15) is 0 Å². The molecule has 3 rings (SSSR count). The molecule has 1 aromatic heterocycles. The van der Waals surface area contributed by atoms with E-state index < -0.39 is 6.09 Å². The van der Waals surface area contributed by atoms with Crippen molar-refractivity contribution in [3.8, 4) is 11.1 Å². The van der Waals surface area contributed by atoms with E-state index in [1.165, 1.54) is 4.90 Å². The Morgan fingerprint density at radius 3 is 2.26 bits per heavy atom. The molecule has 0 unspecified atom stereocenters. The van der Waals surface area contributed by atoms with E-state index in [0.29, 0.717) is 11.4 Å². The van der Waals surface area contributed by atoms with Crippen molar-refractivity contribution in [1.82, 2.24) is 4.98 Å². The van der Waals surface area contributed by atoms with Crippen molar-refractivity contribution in [1.29, 1.82) is 0 Å². The molecule has 0 saturated heterocycles. The van der Waals surface area contributed by atoms with Gasteiger partial charge in [-0.05, 0) is 70.1 Å². The van der Waals surface area contributed by atoms with Crippen molar-refractivity contribution in [3.05, 3.63) is 76.6 Å². The Balaban J connectivity index is 2.03. The van der Waals surface area contributed by atoms with E-state index in [4.69, 9.17) is 0 Å². The van der Waals surface area contributed by atoms with Crippen LogP contribution in [0.2, 0.25) is 0 Å².